The summed E-state index contributed by atoms with van der Waals surface area (Å²) in [6.07, 6.45) is 3.44. The molecule has 6 nitrogen and oxygen atoms in total. The van der Waals surface area contributed by atoms with Crippen molar-refractivity contribution in [3.05, 3.63) is 12.3 Å². The summed E-state index contributed by atoms with van der Waals surface area (Å²) in [5.41, 5.74) is 5.57. The smallest absolute Gasteiger partial charge is 0.213 e. The van der Waals surface area contributed by atoms with Gasteiger partial charge in [-0.15, -0.1) is 0 Å². The van der Waals surface area contributed by atoms with Gasteiger partial charge < -0.3 is 5.73 Å². The Hall–Kier alpha value is -1.08. The number of hydrogen-bond donors (Lipinski definition) is 1. The van der Waals surface area contributed by atoms with E-state index in [9.17, 15) is 8.42 Å². The third-order valence-electron chi connectivity index (χ3n) is 3.18. The van der Waals surface area contributed by atoms with Crippen LogP contribution in [-0.4, -0.2) is 41.3 Å². The van der Waals surface area contributed by atoms with Crippen molar-refractivity contribution >= 4 is 15.8 Å². The minimum Gasteiger partial charge on any atom is -0.382 e. The van der Waals surface area contributed by atoms with Crippen molar-refractivity contribution in [3.63, 3.8) is 0 Å². The van der Waals surface area contributed by atoms with Crippen molar-refractivity contribution in [3.8, 4) is 0 Å². The zero-order valence-electron chi connectivity index (χ0n) is 9.91. The Morgan fingerprint density at radius 3 is 2.59 bits per heavy atom. The van der Waals surface area contributed by atoms with Crippen LogP contribution in [0.4, 0.5) is 5.82 Å². The predicted octanol–water partition coefficient (Wildman–Crippen LogP) is 0.452. The van der Waals surface area contributed by atoms with Gasteiger partial charge in [-0.25, -0.2) is 12.7 Å². The second-order valence-electron chi connectivity index (χ2n) is 4.25. The van der Waals surface area contributed by atoms with E-state index in [2.05, 4.69) is 5.10 Å². The van der Waals surface area contributed by atoms with Crippen molar-refractivity contribution in [2.24, 2.45) is 0 Å². The summed E-state index contributed by atoms with van der Waals surface area (Å²) in [4.78, 5) is 0. The van der Waals surface area contributed by atoms with E-state index in [1.54, 1.807) is 17.3 Å². The van der Waals surface area contributed by atoms with E-state index in [1.165, 1.54) is 0 Å². The van der Waals surface area contributed by atoms with Gasteiger partial charge in [0, 0.05) is 19.3 Å². The van der Waals surface area contributed by atoms with Gasteiger partial charge in [0.2, 0.25) is 10.0 Å². The summed E-state index contributed by atoms with van der Waals surface area (Å²) in [6.45, 7) is 2.82. The SMILES string of the molecule is CCS(=O)(=O)N1CCC(n2ccc(N)n2)CC1. The number of nitrogens with two attached hydrogens (primary N) is 1. The van der Waals surface area contributed by atoms with E-state index >= 15 is 0 Å². The fraction of sp³-hybridized carbons (Fsp3) is 0.700. The van der Waals surface area contributed by atoms with E-state index in [0.717, 1.165) is 12.8 Å². The molecule has 1 aliphatic rings. The average Bonchev–Trinajstić information content (AvgIpc) is 2.76. The van der Waals surface area contributed by atoms with E-state index < -0.39 is 10.0 Å². The maximum Gasteiger partial charge on any atom is 0.213 e. The molecule has 1 fully saturated rings. The maximum absolute atomic E-state index is 11.7. The topological polar surface area (TPSA) is 81.2 Å². The molecule has 1 aromatic rings. The Balaban J connectivity index is 1.99. The molecular formula is C10H18N4O2S. The Kier molecular flexibility index (Phi) is 3.39. The zero-order chi connectivity index (χ0) is 12.5. The minimum atomic E-state index is -3.04. The first-order valence-corrected chi connectivity index (χ1v) is 7.42. The molecule has 1 saturated heterocycles. The maximum atomic E-state index is 11.7. The highest BCUT2D eigenvalue weighted by Gasteiger charge is 2.27. The fourth-order valence-corrected chi connectivity index (χ4v) is 3.26. The van der Waals surface area contributed by atoms with Gasteiger partial charge in [-0.1, -0.05) is 0 Å². The highest BCUT2D eigenvalue weighted by atomic mass is 32.2. The van der Waals surface area contributed by atoms with Crippen LogP contribution in [-0.2, 0) is 10.0 Å². The van der Waals surface area contributed by atoms with Gasteiger partial charge in [-0.05, 0) is 25.8 Å². The van der Waals surface area contributed by atoms with Gasteiger partial charge in [-0.3, -0.25) is 4.68 Å². The summed E-state index contributed by atoms with van der Waals surface area (Å²) in [6, 6.07) is 2.02. The minimum absolute atomic E-state index is 0.173. The van der Waals surface area contributed by atoms with Gasteiger partial charge in [0.05, 0.1) is 11.8 Å². The lowest BCUT2D eigenvalue weighted by atomic mass is 10.1. The van der Waals surface area contributed by atoms with Crippen LogP contribution in [0.1, 0.15) is 25.8 Å². The third kappa shape index (κ3) is 2.61. The quantitative estimate of drug-likeness (QED) is 0.853. The first-order valence-electron chi connectivity index (χ1n) is 5.81. The van der Waals surface area contributed by atoms with E-state index in [4.69, 9.17) is 5.73 Å². The van der Waals surface area contributed by atoms with Crippen LogP contribution >= 0.6 is 0 Å². The van der Waals surface area contributed by atoms with Crippen LogP contribution in [0.15, 0.2) is 12.3 Å². The van der Waals surface area contributed by atoms with Crippen molar-refractivity contribution < 1.29 is 8.42 Å². The average molecular weight is 258 g/mol. The van der Waals surface area contributed by atoms with Gasteiger partial charge in [-0.2, -0.15) is 5.10 Å². The normalized spacial score (nSPS) is 19.6. The Labute approximate surface area is 101 Å². The van der Waals surface area contributed by atoms with Crippen LogP contribution in [0.2, 0.25) is 0 Å². The van der Waals surface area contributed by atoms with Crippen molar-refractivity contribution in [1.29, 1.82) is 0 Å². The molecule has 0 spiro atoms. The molecule has 0 unspecified atom stereocenters. The van der Waals surface area contributed by atoms with Crippen LogP contribution in [0.25, 0.3) is 0 Å². The summed E-state index contributed by atoms with van der Waals surface area (Å²) >= 11 is 0. The van der Waals surface area contributed by atoms with Crippen LogP contribution in [0.3, 0.4) is 0 Å². The van der Waals surface area contributed by atoms with Crippen molar-refractivity contribution in [2.45, 2.75) is 25.8 Å². The molecule has 1 aliphatic heterocycles. The number of nitrogens with zero attached hydrogens (tertiary/aromatic N) is 3. The molecule has 1 aromatic heterocycles. The van der Waals surface area contributed by atoms with Gasteiger partial charge >= 0.3 is 0 Å². The van der Waals surface area contributed by atoms with Crippen molar-refractivity contribution in [2.75, 3.05) is 24.6 Å². The molecular weight excluding hydrogens is 240 g/mol. The van der Waals surface area contributed by atoms with Gasteiger partial charge in [0.15, 0.2) is 0 Å². The molecule has 0 bridgehead atoms. The number of anilines is 1. The summed E-state index contributed by atoms with van der Waals surface area (Å²) in [5, 5.41) is 4.17. The predicted molar refractivity (Wildman–Crippen MR) is 65.9 cm³/mol. The molecule has 0 amide bonds. The summed E-state index contributed by atoms with van der Waals surface area (Å²) < 4.78 is 26.8. The molecule has 0 saturated carbocycles. The lowest BCUT2D eigenvalue weighted by Crippen LogP contribution is -2.39. The number of rotatable bonds is 3. The Morgan fingerprint density at radius 1 is 1.47 bits per heavy atom. The Morgan fingerprint density at radius 2 is 2.12 bits per heavy atom. The number of piperidine rings is 1. The third-order valence-corrected chi connectivity index (χ3v) is 5.07. The molecule has 96 valence electrons. The number of aromatic nitrogens is 2. The van der Waals surface area contributed by atoms with Gasteiger partial charge in [0.25, 0.3) is 0 Å². The van der Waals surface area contributed by atoms with Crippen LogP contribution in [0, 0.1) is 0 Å². The van der Waals surface area contributed by atoms with Crippen LogP contribution < -0.4 is 5.73 Å². The second kappa shape index (κ2) is 4.66. The molecule has 17 heavy (non-hydrogen) atoms. The zero-order valence-corrected chi connectivity index (χ0v) is 10.7. The molecule has 0 radical (unpaired) electrons. The van der Waals surface area contributed by atoms with Crippen molar-refractivity contribution in [1.82, 2.24) is 14.1 Å². The first-order chi connectivity index (χ1) is 8.03. The second-order valence-corrected chi connectivity index (χ2v) is 6.51. The Bertz CT molecular complexity index is 474. The number of hydrogen-bond acceptors (Lipinski definition) is 4. The molecule has 0 atom stereocenters. The molecule has 0 aliphatic carbocycles. The largest absolute Gasteiger partial charge is 0.382 e. The number of sulfonamides is 1. The molecule has 0 aromatic carbocycles. The molecule has 2 heterocycles. The summed E-state index contributed by atoms with van der Waals surface area (Å²) in [7, 11) is -3.04. The van der Waals surface area contributed by atoms with E-state index in [-0.39, 0.29) is 11.8 Å². The molecule has 2 N–H and O–H groups in total. The summed E-state index contributed by atoms with van der Waals surface area (Å²) in [5.74, 6) is 0.681. The van der Waals surface area contributed by atoms with Gasteiger partial charge in [0.1, 0.15) is 5.82 Å². The monoisotopic (exact) mass is 258 g/mol. The van der Waals surface area contributed by atoms with E-state index in [0.29, 0.717) is 18.9 Å². The first kappa shape index (κ1) is 12.4. The standard InChI is InChI=1S/C10H18N4O2S/c1-2-17(15,16)13-6-3-9(4-7-13)14-8-5-10(11)12-14/h5,8-9H,2-4,6-7H2,1H3,(H2,11,12). The molecule has 7 heteroatoms. The van der Waals surface area contributed by atoms with E-state index in [1.807, 2.05) is 10.9 Å². The lowest BCUT2D eigenvalue weighted by molar-refractivity contribution is 0.261. The fourth-order valence-electron chi connectivity index (χ4n) is 2.12. The highest BCUT2D eigenvalue weighted by Crippen LogP contribution is 2.23. The lowest BCUT2D eigenvalue weighted by Gasteiger charge is -2.30. The number of nitrogen functional groups attached to an aromatic ring is 1. The van der Waals surface area contributed by atoms with Crippen LogP contribution in [0.5, 0.6) is 0 Å². The highest BCUT2D eigenvalue weighted by molar-refractivity contribution is 7.89. The molecule has 2 rings (SSSR count).